The van der Waals surface area contributed by atoms with E-state index in [-0.39, 0.29) is 16.7 Å². The number of sulfonamides is 1. The number of para-hydroxylation sites is 1. The molecule has 25 heavy (non-hydrogen) atoms. The Balaban J connectivity index is 1.57. The number of amides is 1. The maximum atomic E-state index is 12.3. The van der Waals surface area contributed by atoms with E-state index in [0.29, 0.717) is 18.9 Å². The quantitative estimate of drug-likeness (QED) is 0.861. The van der Waals surface area contributed by atoms with Crippen LogP contribution in [-0.4, -0.2) is 32.4 Å². The van der Waals surface area contributed by atoms with E-state index < -0.39 is 10.0 Å². The van der Waals surface area contributed by atoms with Gasteiger partial charge in [0.25, 0.3) is 0 Å². The first-order chi connectivity index (χ1) is 11.9. The van der Waals surface area contributed by atoms with Crippen LogP contribution < -0.4 is 15.4 Å². The lowest BCUT2D eigenvalue weighted by molar-refractivity contribution is -0.120. The van der Waals surface area contributed by atoms with Crippen molar-refractivity contribution in [2.45, 2.75) is 17.7 Å². The van der Waals surface area contributed by atoms with Crippen molar-refractivity contribution < 1.29 is 13.2 Å². The first-order valence-electron chi connectivity index (χ1n) is 8.03. The number of aromatic nitrogens is 1. The van der Waals surface area contributed by atoms with Gasteiger partial charge in [-0.05, 0) is 37.1 Å². The Morgan fingerprint density at radius 1 is 1.12 bits per heavy atom. The van der Waals surface area contributed by atoms with E-state index in [1.165, 1.54) is 12.3 Å². The van der Waals surface area contributed by atoms with Crippen LogP contribution in [-0.2, 0) is 14.8 Å². The molecule has 1 aliphatic heterocycles. The van der Waals surface area contributed by atoms with Crippen molar-refractivity contribution in [1.29, 1.82) is 0 Å². The summed E-state index contributed by atoms with van der Waals surface area (Å²) >= 11 is 0. The topological polar surface area (TPSA) is 105 Å². The number of carbonyl (C=O) groups is 1. The van der Waals surface area contributed by atoms with Gasteiger partial charge in [0.05, 0.1) is 0 Å². The number of anilines is 2. The van der Waals surface area contributed by atoms with Gasteiger partial charge in [0, 0.05) is 30.9 Å². The fourth-order valence-corrected chi connectivity index (χ4v) is 3.32. The molecular weight excluding hydrogens is 340 g/mol. The smallest absolute Gasteiger partial charge is 0.239 e. The molecular formula is C17H20N4O3S. The molecule has 0 bridgehead atoms. The Kier molecular flexibility index (Phi) is 5.00. The molecule has 8 heteroatoms. The second kappa shape index (κ2) is 7.20. The third-order valence-corrected chi connectivity index (χ3v) is 5.18. The molecule has 1 aromatic heterocycles. The highest BCUT2D eigenvalue weighted by molar-refractivity contribution is 7.89. The second-order valence-corrected chi connectivity index (χ2v) is 7.58. The van der Waals surface area contributed by atoms with Crippen LogP contribution in [0.5, 0.6) is 0 Å². The molecule has 0 radical (unpaired) electrons. The van der Waals surface area contributed by atoms with Crippen LogP contribution in [0.25, 0.3) is 0 Å². The number of pyridine rings is 1. The first kappa shape index (κ1) is 17.4. The summed E-state index contributed by atoms with van der Waals surface area (Å²) in [7, 11) is -3.73. The molecule has 1 aliphatic rings. The number of piperidine rings is 1. The number of hydrogen-bond acceptors (Lipinski definition) is 5. The number of nitrogens with one attached hydrogen (secondary N) is 1. The van der Waals surface area contributed by atoms with Crippen LogP contribution in [0.15, 0.2) is 53.6 Å². The minimum atomic E-state index is -3.73. The van der Waals surface area contributed by atoms with Gasteiger partial charge in [-0.1, -0.05) is 18.2 Å². The van der Waals surface area contributed by atoms with E-state index in [1.807, 2.05) is 35.2 Å². The Bertz CT molecular complexity index is 830. The van der Waals surface area contributed by atoms with Gasteiger partial charge in [-0.15, -0.1) is 0 Å². The van der Waals surface area contributed by atoms with Crippen molar-refractivity contribution in [3.05, 3.63) is 48.7 Å². The highest BCUT2D eigenvalue weighted by Gasteiger charge is 2.25. The van der Waals surface area contributed by atoms with Crippen molar-refractivity contribution in [1.82, 2.24) is 4.98 Å². The average molecular weight is 360 g/mol. The third kappa shape index (κ3) is 4.34. The van der Waals surface area contributed by atoms with E-state index in [2.05, 4.69) is 10.3 Å². The summed E-state index contributed by atoms with van der Waals surface area (Å²) in [4.78, 5) is 18.5. The van der Waals surface area contributed by atoms with Crippen molar-refractivity contribution in [2.24, 2.45) is 11.1 Å². The zero-order valence-corrected chi connectivity index (χ0v) is 14.4. The highest BCUT2D eigenvalue weighted by Crippen LogP contribution is 2.23. The average Bonchev–Trinajstić information content (AvgIpc) is 2.62. The largest absolute Gasteiger partial charge is 0.357 e. The SMILES string of the molecule is NS(=O)(=O)c1ccc(N2CCC(C(=O)Nc3ccccc3)CC2)nc1. The number of carbonyl (C=O) groups excluding carboxylic acids is 1. The van der Waals surface area contributed by atoms with E-state index in [1.54, 1.807) is 6.07 Å². The van der Waals surface area contributed by atoms with Gasteiger partial charge in [0.15, 0.2) is 0 Å². The number of nitrogens with two attached hydrogens (primary N) is 1. The molecule has 3 rings (SSSR count). The normalized spacial score (nSPS) is 15.8. The minimum absolute atomic E-state index is 0.00613. The summed E-state index contributed by atoms with van der Waals surface area (Å²) in [5.74, 6) is 0.679. The van der Waals surface area contributed by atoms with Crippen molar-refractivity contribution in [2.75, 3.05) is 23.3 Å². The Morgan fingerprint density at radius 3 is 2.36 bits per heavy atom. The summed E-state index contributed by atoms with van der Waals surface area (Å²) < 4.78 is 22.5. The molecule has 0 atom stereocenters. The lowest BCUT2D eigenvalue weighted by Crippen LogP contribution is -2.38. The second-order valence-electron chi connectivity index (χ2n) is 6.01. The molecule has 0 spiro atoms. The van der Waals surface area contributed by atoms with E-state index >= 15 is 0 Å². The molecule has 7 nitrogen and oxygen atoms in total. The molecule has 0 saturated carbocycles. The lowest BCUT2D eigenvalue weighted by atomic mass is 9.96. The monoisotopic (exact) mass is 360 g/mol. The predicted molar refractivity (Wildman–Crippen MR) is 95.6 cm³/mol. The van der Waals surface area contributed by atoms with Crippen LogP contribution in [0.1, 0.15) is 12.8 Å². The maximum absolute atomic E-state index is 12.3. The molecule has 0 aliphatic carbocycles. The van der Waals surface area contributed by atoms with Crippen LogP contribution in [0.3, 0.4) is 0 Å². The van der Waals surface area contributed by atoms with Gasteiger partial charge < -0.3 is 10.2 Å². The first-order valence-corrected chi connectivity index (χ1v) is 9.58. The van der Waals surface area contributed by atoms with Crippen LogP contribution in [0.4, 0.5) is 11.5 Å². The van der Waals surface area contributed by atoms with E-state index in [4.69, 9.17) is 5.14 Å². The summed E-state index contributed by atoms with van der Waals surface area (Å²) in [5, 5.41) is 8.01. The summed E-state index contributed by atoms with van der Waals surface area (Å²) in [5.41, 5.74) is 0.801. The molecule has 1 fully saturated rings. The molecule has 2 aromatic rings. The molecule has 132 valence electrons. The molecule has 1 aromatic carbocycles. The van der Waals surface area contributed by atoms with Gasteiger partial charge in [-0.2, -0.15) is 0 Å². The van der Waals surface area contributed by atoms with Gasteiger partial charge in [0.1, 0.15) is 10.7 Å². The Morgan fingerprint density at radius 2 is 1.80 bits per heavy atom. The fourth-order valence-electron chi connectivity index (χ4n) is 2.86. The van der Waals surface area contributed by atoms with E-state index in [0.717, 1.165) is 18.5 Å². The molecule has 2 heterocycles. The lowest BCUT2D eigenvalue weighted by Gasteiger charge is -2.32. The van der Waals surface area contributed by atoms with Crippen molar-refractivity contribution in [3.63, 3.8) is 0 Å². The predicted octanol–water partition coefficient (Wildman–Crippen LogP) is 1.58. The van der Waals surface area contributed by atoms with Crippen molar-refractivity contribution >= 4 is 27.4 Å². The van der Waals surface area contributed by atoms with Gasteiger partial charge in [-0.3, -0.25) is 4.79 Å². The van der Waals surface area contributed by atoms with Gasteiger partial charge in [-0.25, -0.2) is 18.5 Å². The van der Waals surface area contributed by atoms with E-state index in [9.17, 15) is 13.2 Å². The number of benzene rings is 1. The van der Waals surface area contributed by atoms with Crippen molar-refractivity contribution in [3.8, 4) is 0 Å². The molecule has 0 unspecified atom stereocenters. The zero-order valence-electron chi connectivity index (χ0n) is 13.6. The van der Waals surface area contributed by atoms with Crippen LogP contribution in [0, 0.1) is 5.92 Å². The summed E-state index contributed by atoms with van der Waals surface area (Å²) in [6.45, 7) is 1.38. The Hall–Kier alpha value is -2.45. The Labute approximate surface area is 146 Å². The zero-order chi connectivity index (χ0) is 17.9. The third-order valence-electron chi connectivity index (χ3n) is 4.28. The maximum Gasteiger partial charge on any atom is 0.239 e. The van der Waals surface area contributed by atoms with Gasteiger partial charge in [0.2, 0.25) is 15.9 Å². The number of rotatable bonds is 4. The minimum Gasteiger partial charge on any atom is -0.357 e. The fraction of sp³-hybridized carbons (Fsp3) is 0.294. The summed E-state index contributed by atoms with van der Waals surface area (Å²) in [6, 6.07) is 12.5. The highest BCUT2D eigenvalue weighted by atomic mass is 32.2. The summed E-state index contributed by atoms with van der Waals surface area (Å²) in [6.07, 6.45) is 2.70. The standard InChI is InChI=1S/C17H20N4O3S/c18-25(23,24)15-6-7-16(19-12-15)21-10-8-13(9-11-21)17(22)20-14-4-2-1-3-5-14/h1-7,12-13H,8-11H2,(H,20,22)(H2,18,23,24). The molecule has 3 N–H and O–H groups in total. The van der Waals surface area contributed by atoms with Gasteiger partial charge >= 0.3 is 0 Å². The number of primary sulfonamides is 1. The molecule has 1 amide bonds. The van der Waals surface area contributed by atoms with Crippen LogP contribution in [0.2, 0.25) is 0 Å². The molecule has 1 saturated heterocycles. The van der Waals surface area contributed by atoms with Crippen LogP contribution >= 0.6 is 0 Å². The number of hydrogen-bond donors (Lipinski definition) is 2. The number of nitrogens with zero attached hydrogens (tertiary/aromatic N) is 2.